The van der Waals surface area contributed by atoms with Crippen molar-refractivity contribution < 1.29 is 24.2 Å². The summed E-state index contributed by atoms with van der Waals surface area (Å²) < 4.78 is 5.59. The molecule has 7 nitrogen and oxygen atoms in total. The maximum atomic E-state index is 12.7. The van der Waals surface area contributed by atoms with Crippen LogP contribution in [0.3, 0.4) is 0 Å². The molecule has 3 aromatic carbocycles. The third kappa shape index (κ3) is 4.37. The molecule has 0 saturated heterocycles. The fourth-order valence-corrected chi connectivity index (χ4v) is 4.18. The molecule has 1 atom stereocenters. The molecule has 34 heavy (non-hydrogen) atoms. The predicted octanol–water partition coefficient (Wildman–Crippen LogP) is 4.90. The lowest BCUT2D eigenvalue weighted by atomic mass is 9.98. The van der Waals surface area contributed by atoms with Gasteiger partial charge in [-0.15, -0.1) is 0 Å². The van der Waals surface area contributed by atoms with Crippen LogP contribution in [0.5, 0.6) is 0 Å². The topological polar surface area (TPSA) is 95.9 Å². The van der Waals surface area contributed by atoms with Crippen molar-refractivity contribution in [2.75, 3.05) is 19.0 Å². The highest BCUT2D eigenvalue weighted by molar-refractivity contribution is 5.98. The SMILES string of the molecule is Cc1ccc(C(=O)N(C)[C@@H](C)C(=O)O)cc1NC(=O)OCC1c2ccccc2-c2ccccc21. The molecule has 3 aromatic rings. The number of aryl methyl sites for hydroxylation is 1. The third-order valence-electron chi connectivity index (χ3n) is 6.32. The van der Waals surface area contributed by atoms with Crippen LogP contribution in [-0.4, -0.2) is 47.7 Å². The zero-order chi connectivity index (χ0) is 24.4. The highest BCUT2D eigenvalue weighted by Gasteiger charge is 2.29. The van der Waals surface area contributed by atoms with E-state index in [0.717, 1.165) is 32.7 Å². The van der Waals surface area contributed by atoms with Gasteiger partial charge < -0.3 is 14.7 Å². The molecule has 174 valence electrons. The van der Waals surface area contributed by atoms with Crippen LogP contribution in [0.2, 0.25) is 0 Å². The van der Waals surface area contributed by atoms with Crippen molar-refractivity contribution in [3.63, 3.8) is 0 Å². The van der Waals surface area contributed by atoms with Crippen LogP contribution >= 0.6 is 0 Å². The summed E-state index contributed by atoms with van der Waals surface area (Å²) in [5, 5.41) is 11.9. The first-order valence-corrected chi connectivity index (χ1v) is 11.0. The molecule has 2 N–H and O–H groups in total. The Kier molecular flexibility index (Phi) is 6.36. The maximum absolute atomic E-state index is 12.7. The molecule has 0 spiro atoms. The van der Waals surface area contributed by atoms with Crippen LogP contribution < -0.4 is 5.32 Å². The number of benzene rings is 3. The van der Waals surface area contributed by atoms with Gasteiger partial charge in [-0.25, -0.2) is 9.59 Å². The molecular weight excluding hydrogens is 432 g/mol. The standard InChI is InChI=1S/C27H26N2O5/c1-16-12-13-18(25(30)29(3)17(2)26(31)32)14-24(16)28-27(33)34-15-23-21-10-6-4-8-19(21)20-9-5-7-11-22(20)23/h4-14,17,23H,15H2,1-3H3,(H,28,33)(H,31,32)/t17-/m0/s1. The van der Waals surface area contributed by atoms with E-state index < -0.39 is 24.0 Å². The number of rotatable bonds is 6. The number of nitrogens with one attached hydrogen (secondary N) is 1. The fourth-order valence-electron chi connectivity index (χ4n) is 4.18. The molecule has 0 aromatic heterocycles. The van der Waals surface area contributed by atoms with Crippen molar-refractivity contribution in [2.45, 2.75) is 25.8 Å². The molecular formula is C27H26N2O5. The van der Waals surface area contributed by atoms with E-state index in [2.05, 4.69) is 29.6 Å². The Labute approximate surface area is 198 Å². The largest absolute Gasteiger partial charge is 0.480 e. The van der Waals surface area contributed by atoms with E-state index in [1.165, 1.54) is 20.0 Å². The summed E-state index contributed by atoms with van der Waals surface area (Å²) in [5.41, 5.74) is 5.99. The van der Waals surface area contributed by atoms with Crippen molar-refractivity contribution in [2.24, 2.45) is 0 Å². The predicted molar refractivity (Wildman–Crippen MR) is 129 cm³/mol. The Hall–Kier alpha value is -4.13. The van der Waals surface area contributed by atoms with Crippen molar-refractivity contribution in [3.05, 3.63) is 89.0 Å². The van der Waals surface area contributed by atoms with Crippen LogP contribution in [0.4, 0.5) is 10.5 Å². The minimum atomic E-state index is -1.10. The first-order chi connectivity index (χ1) is 16.3. The van der Waals surface area contributed by atoms with E-state index in [4.69, 9.17) is 9.84 Å². The molecule has 1 aliphatic carbocycles. The average molecular weight is 459 g/mol. The van der Waals surface area contributed by atoms with Crippen LogP contribution in [0, 0.1) is 6.92 Å². The number of hydrogen-bond donors (Lipinski definition) is 2. The van der Waals surface area contributed by atoms with Gasteiger partial charge >= 0.3 is 12.1 Å². The average Bonchev–Trinajstić information content (AvgIpc) is 3.16. The Morgan fingerprint density at radius 3 is 2.18 bits per heavy atom. The molecule has 0 aliphatic heterocycles. The quantitative estimate of drug-likeness (QED) is 0.548. The van der Waals surface area contributed by atoms with Crippen LogP contribution in [0.1, 0.15) is 39.9 Å². The zero-order valence-electron chi connectivity index (χ0n) is 19.2. The normalized spacial score (nSPS) is 12.9. The van der Waals surface area contributed by atoms with Gasteiger partial charge in [0.05, 0.1) is 0 Å². The second-order valence-corrected chi connectivity index (χ2v) is 8.41. The number of anilines is 1. The van der Waals surface area contributed by atoms with Crippen LogP contribution in [-0.2, 0) is 9.53 Å². The van der Waals surface area contributed by atoms with Gasteiger partial charge in [-0.05, 0) is 53.8 Å². The summed E-state index contributed by atoms with van der Waals surface area (Å²) in [6.07, 6.45) is -0.623. The highest BCUT2D eigenvalue weighted by atomic mass is 16.5. The number of carbonyl (C=O) groups is 3. The fraction of sp³-hybridized carbons (Fsp3) is 0.222. The summed E-state index contributed by atoms with van der Waals surface area (Å²) in [6.45, 7) is 3.41. The molecule has 0 saturated carbocycles. The lowest BCUT2D eigenvalue weighted by molar-refractivity contribution is -0.141. The van der Waals surface area contributed by atoms with Gasteiger partial charge in [0.1, 0.15) is 12.6 Å². The number of fused-ring (bicyclic) bond motifs is 3. The molecule has 0 fully saturated rings. The lowest BCUT2D eigenvalue weighted by Crippen LogP contribution is -2.40. The van der Waals surface area contributed by atoms with Gasteiger partial charge in [0.2, 0.25) is 0 Å². The molecule has 1 aliphatic rings. The van der Waals surface area contributed by atoms with E-state index in [9.17, 15) is 14.4 Å². The molecule has 0 radical (unpaired) electrons. The van der Waals surface area contributed by atoms with Gasteiger partial charge in [-0.3, -0.25) is 10.1 Å². The van der Waals surface area contributed by atoms with E-state index in [1.54, 1.807) is 19.1 Å². The first-order valence-electron chi connectivity index (χ1n) is 11.0. The maximum Gasteiger partial charge on any atom is 0.411 e. The second kappa shape index (κ2) is 9.39. The van der Waals surface area contributed by atoms with E-state index in [1.807, 2.05) is 24.3 Å². The third-order valence-corrected chi connectivity index (χ3v) is 6.32. The highest BCUT2D eigenvalue weighted by Crippen LogP contribution is 2.44. The molecule has 2 amide bonds. The number of hydrogen-bond acceptors (Lipinski definition) is 4. The summed E-state index contributed by atoms with van der Waals surface area (Å²) in [7, 11) is 1.43. The van der Waals surface area contributed by atoms with Gasteiger partial charge in [0.25, 0.3) is 5.91 Å². The van der Waals surface area contributed by atoms with E-state index in [-0.39, 0.29) is 18.1 Å². The van der Waals surface area contributed by atoms with E-state index >= 15 is 0 Å². The Morgan fingerprint density at radius 2 is 1.59 bits per heavy atom. The minimum absolute atomic E-state index is 0.0571. The number of ether oxygens (including phenoxy) is 1. The van der Waals surface area contributed by atoms with Crippen molar-refractivity contribution in [1.82, 2.24) is 4.90 Å². The molecule has 7 heteroatoms. The number of nitrogens with zero attached hydrogens (tertiary/aromatic N) is 1. The van der Waals surface area contributed by atoms with Crippen LogP contribution in [0.15, 0.2) is 66.7 Å². The molecule has 4 rings (SSSR count). The number of likely N-dealkylation sites (N-methyl/N-ethyl adjacent to an activating group) is 1. The molecule has 0 unspecified atom stereocenters. The minimum Gasteiger partial charge on any atom is -0.480 e. The number of carboxylic acid groups (broad SMARTS) is 1. The number of carbonyl (C=O) groups excluding carboxylic acids is 2. The second-order valence-electron chi connectivity index (χ2n) is 8.41. The smallest absolute Gasteiger partial charge is 0.411 e. The molecule has 0 bridgehead atoms. The summed E-state index contributed by atoms with van der Waals surface area (Å²) in [4.78, 5) is 37.7. The molecule has 0 heterocycles. The van der Waals surface area contributed by atoms with Gasteiger partial charge in [-0.1, -0.05) is 54.6 Å². The van der Waals surface area contributed by atoms with Gasteiger partial charge in [-0.2, -0.15) is 0 Å². The summed E-state index contributed by atoms with van der Waals surface area (Å²) >= 11 is 0. The number of amides is 2. The first kappa shape index (κ1) is 23.0. The van der Waals surface area contributed by atoms with Gasteiger partial charge in [0, 0.05) is 24.2 Å². The zero-order valence-corrected chi connectivity index (χ0v) is 19.2. The summed E-state index contributed by atoms with van der Waals surface area (Å²) in [5.74, 6) is -1.61. The summed E-state index contributed by atoms with van der Waals surface area (Å²) in [6, 6.07) is 20.1. The van der Waals surface area contributed by atoms with E-state index in [0.29, 0.717) is 5.69 Å². The van der Waals surface area contributed by atoms with Crippen LogP contribution in [0.25, 0.3) is 11.1 Å². The monoisotopic (exact) mass is 458 g/mol. The van der Waals surface area contributed by atoms with Crippen molar-refractivity contribution in [3.8, 4) is 11.1 Å². The van der Waals surface area contributed by atoms with Crippen molar-refractivity contribution >= 4 is 23.7 Å². The van der Waals surface area contributed by atoms with Crippen molar-refractivity contribution in [1.29, 1.82) is 0 Å². The Morgan fingerprint density at radius 1 is 1.00 bits per heavy atom. The number of carboxylic acids is 1. The Bertz CT molecular complexity index is 1220. The Balaban J connectivity index is 1.46. The lowest BCUT2D eigenvalue weighted by Gasteiger charge is -2.22. The number of aliphatic carboxylic acids is 1. The van der Waals surface area contributed by atoms with Gasteiger partial charge in [0.15, 0.2) is 0 Å².